The Balaban J connectivity index is 1.87. The van der Waals surface area contributed by atoms with Crippen LogP contribution in [0, 0.1) is 0 Å². The smallest absolute Gasteiger partial charge is 0.270 e. The highest BCUT2D eigenvalue weighted by molar-refractivity contribution is 9.10. The number of carbonyl (C=O) groups excluding carboxylic acids is 1. The second-order valence-electron chi connectivity index (χ2n) is 5.76. The molecule has 3 rings (SSSR count). The van der Waals surface area contributed by atoms with Crippen LogP contribution in [-0.4, -0.2) is 23.9 Å². The van der Waals surface area contributed by atoms with Gasteiger partial charge in [0.05, 0.1) is 24.3 Å². The Hall–Kier alpha value is -1.83. The molecule has 1 fully saturated rings. The summed E-state index contributed by atoms with van der Waals surface area (Å²) in [4.78, 5) is 15.0. The van der Waals surface area contributed by atoms with Gasteiger partial charge in [-0.2, -0.15) is 0 Å². The molecular weight excluding hydrogens is 446 g/mol. The zero-order valence-corrected chi connectivity index (χ0v) is 18.1. The molecule has 0 saturated carbocycles. The normalized spacial score (nSPS) is 15.5. The van der Waals surface area contributed by atoms with E-state index < -0.39 is 0 Å². The lowest BCUT2D eigenvalue weighted by Gasteiger charge is -2.14. The van der Waals surface area contributed by atoms with Gasteiger partial charge in [0.2, 0.25) is 0 Å². The Morgan fingerprint density at radius 3 is 2.74 bits per heavy atom. The van der Waals surface area contributed by atoms with Gasteiger partial charge < -0.3 is 9.47 Å². The first-order valence-corrected chi connectivity index (χ1v) is 10.4. The fourth-order valence-corrected chi connectivity index (χ4v) is 4.25. The molecule has 0 atom stereocenters. The van der Waals surface area contributed by atoms with Gasteiger partial charge in [-0.05, 0) is 48.4 Å². The summed E-state index contributed by atoms with van der Waals surface area (Å²) in [5.74, 6) is 1.20. The van der Waals surface area contributed by atoms with Crippen molar-refractivity contribution in [2.75, 3.05) is 18.6 Å². The number of thioether (sulfide) groups is 1. The number of methoxy groups -OCH3 is 1. The first-order chi connectivity index (χ1) is 13.0. The first kappa shape index (κ1) is 19.9. The predicted molar refractivity (Wildman–Crippen MR) is 119 cm³/mol. The first-order valence-electron chi connectivity index (χ1n) is 8.38. The third-order valence-corrected chi connectivity index (χ3v) is 5.60. The second-order valence-corrected chi connectivity index (χ2v) is 8.35. The summed E-state index contributed by atoms with van der Waals surface area (Å²) >= 11 is 10.1. The van der Waals surface area contributed by atoms with Gasteiger partial charge in [-0.15, -0.1) is 0 Å². The van der Waals surface area contributed by atoms with Crippen molar-refractivity contribution in [1.29, 1.82) is 0 Å². The minimum absolute atomic E-state index is 0.131. The Morgan fingerprint density at radius 1 is 1.22 bits per heavy atom. The molecule has 2 aromatic rings. The van der Waals surface area contributed by atoms with Gasteiger partial charge in [-0.25, -0.2) is 0 Å². The topological polar surface area (TPSA) is 38.8 Å². The SMILES string of the molecule is CCCOc1ccc(/C=C2\SC(=S)N(c3cccc(Br)c3)C2=O)cc1OC. The molecule has 1 aliphatic rings. The monoisotopic (exact) mass is 463 g/mol. The maximum atomic E-state index is 12.9. The lowest BCUT2D eigenvalue weighted by Crippen LogP contribution is -2.27. The lowest BCUT2D eigenvalue weighted by atomic mass is 10.2. The number of halogens is 1. The molecule has 0 aromatic heterocycles. The average Bonchev–Trinajstić information content (AvgIpc) is 2.93. The highest BCUT2D eigenvalue weighted by Gasteiger charge is 2.33. The standard InChI is InChI=1S/C20H18BrNO3S2/c1-3-9-25-16-8-7-13(10-17(16)24-2)11-18-19(23)22(20(26)27-18)15-6-4-5-14(21)12-15/h4-8,10-12H,3,9H2,1-2H3/b18-11-. The number of nitrogens with zero attached hydrogens (tertiary/aromatic N) is 1. The van der Waals surface area contributed by atoms with E-state index in [-0.39, 0.29) is 5.91 Å². The van der Waals surface area contributed by atoms with Gasteiger partial charge in [0.1, 0.15) is 0 Å². The van der Waals surface area contributed by atoms with Crippen LogP contribution in [0.3, 0.4) is 0 Å². The highest BCUT2D eigenvalue weighted by atomic mass is 79.9. The Labute approximate surface area is 176 Å². The number of carbonyl (C=O) groups is 1. The van der Waals surface area contributed by atoms with Gasteiger partial charge in [-0.3, -0.25) is 9.69 Å². The van der Waals surface area contributed by atoms with E-state index in [9.17, 15) is 4.79 Å². The van der Waals surface area contributed by atoms with Crippen molar-refractivity contribution in [3.8, 4) is 11.5 Å². The molecule has 0 bridgehead atoms. The largest absolute Gasteiger partial charge is 0.493 e. The number of hydrogen-bond donors (Lipinski definition) is 0. The van der Waals surface area contributed by atoms with Crippen LogP contribution in [0.2, 0.25) is 0 Å². The van der Waals surface area contributed by atoms with E-state index in [1.165, 1.54) is 11.8 Å². The fraction of sp³-hybridized carbons (Fsp3) is 0.200. The summed E-state index contributed by atoms with van der Waals surface area (Å²) in [5.41, 5.74) is 1.60. The van der Waals surface area contributed by atoms with Crippen molar-refractivity contribution in [2.24, 2.45) is 0 Å². The van der Waals surface area contributed by atoms with Crippen LogP contribution in [-0.2, 0) is 4.79 Å². The number of hydrogen-bond acceptors (Lipinski definition) is 5. The van der Waals surface area contributed by atoms with Crippen LogP contribution >= 0.6 is 39.9 Å². The van der Waals surface area contributed by atoms with E-state index in [4.69, 9.17) is 21.7 Å². The van der Waals surface area contributed by atoms with Crippen molar-refractivity contribution in [3.05, 3.63) is 57.4 Å². The van der Waals surface area contributed by atoms with Crippen LogP contribution in [0.15, 0.2) is 51.8 Å². The number of anilines is 1. The van der Waals surface area contributed by atoms with Crippen molar-refractivity contribution < 1.29 is 14.3 Å². The van der Waals surface area contributed by atoms with Crippen LogP contribution in [0.5, 0.6) is 11.5 Å². The van der Waals surface area contributed by atoms with Gasteiger partial charge in [0.15, 0.2) is 15.8 Å². The van der Waals surface area contributed by atoms with Crippen LogP contribution in [0.1, 0.15) is 18.9 Å². The minimum atomic E-state index is -0.131. The van der Waals surface area contributed by atoms with E-state index >= 15 is 0 Å². The molecule has 7 heteroatoms. The van der Waals surface area contributed by atoms with E-state index in [0.29, 0.717) is 27.3 Å². The highest BCUT2D eigenvalue weighted by Crippen LogP contribution is 2.37. The molecule has 1 aliphatic heterocycles. The average molecular weight is 464 g/mol. The molecule has 2 aromatic carbocycles. The molecule has 1 heterocycles. The quantitative estimate of drug-likeness (QED) is 0.408. The van der Waals surface area contributed by atoms with Gasteiger partial charge in [0, 0.05) is 4.47 Å². The maximum absolute atomic E-state index is 12.9. The van der Waals surface area contributed by atoms with Crippen molar-refractivity contribution in [1.82, 2.24) is 0 Å². The van der Waals surface area contributed by atoms with Crippen molar-refractivity contribution in [2.45, 2.75) is 13.3 Å². The summed E-state index contributed by atoms with van der Waals surface area (Å²) < 4.78 is 12.5. The Bertz CT molecular complexity index is 914. The lowest BCUT2D eigenvalue weighted by molar-refractivity contribution is -0.113. The van der Waals surface area contributed by atoms with Crippen molar-refractivity contribution >= 4 is 61.9 Å². The number of benzene rings is 2. The van der Waals surface area contributed by atoms with Crippen LogP contribution in [0.4, 0.5) is 5.69 Å². The third-order valence-electron chi connectivity index (χ3n) is 3.81. The summed E-state index contributed by atoms with van der Waals surface area (Å²) in [6.45, 7) is 2.68. The van der Waals surface area contributed by atoms with Crippen LogP contribution < -0.4 is 14.4 Å². The zero-order chi connectivity index (χ0) is 19.4. The number of amides is 1. The molecule has 27 heavy (non-hydrogen) atoms. The summed E-state index contributed by atoms with van der Waals surface area (Å²) in [5, 5.41) is 0. The Morgan fingerprint density at radius 2 is 2.04 bits per heavy atom. The van der Waals surface area contributed by atoms with Crippen LogP contribution in [0.25, 0.3) is 6.08 Å². The van der Waals surface area contributed by atoms with E-state index in [0.717, 1.165) is 22.1 Å². The molecule has 1 amide bonds. The summed E-state index contributed by atoms with van der Waals surface area (Å²) in [6, 6.07) is 13.1. The van der Waals surface area contributed by atoms with Gasteiger partial charge >= 0.3 is 0 Å². The second kappa shape index (κ2) is 8.91. The van der Waals surface area contributed by atoms with E-state index in [1.807, 2.05) is 55.5 Å². The third kappa shape index (κ3) is 4.54. The van der Waals surface area contributed by atoms with Gasteiger partial charge in [0.25, 0.3) is 5.91 Å². The molecule has 140 valence electrons. The maximum Gasteiger partial charge on any atom is 0.270 e. The molecular formula is C20H18BrNO3S2. The molecule has 0 radical (unpaired) electrons. The summed E-state index contributed by atoms with van der Waals surface area (Å²) in [7, 11) is 1.60. The van der Waals surface area contributed by atoms with E-state index in [1.54, 1.807) is 12.0 Å². The number of ether oxygens (including phenoxy) is 2. The minimum Gasteiger partial charge on any atom is -0.493 e. The summed E-state index contributed by atoms with van der Waals surface area (Å²) in [6.07, 6.45) is 2.74. The molecule has 0 unspecified atom stereocenters. The fourth-order valence-electron chi connectivity index (χ4n) is 2.56. The molecule has 0 N–H and O–H groups in total. The molecule has 1 saturated heterocycles. The zero-order valence-electron chi connectivity index (χ0n) is 14.9. The van der Waals surface area contributed by atoms with Crippen molar-refractivity contribution in [3.63, 3.8) is 0 Å². The Kier molecular flexibility index (Phi) is 6.57. The number of rotatable bonds is 6. The number of thiocarbonyl (C=S) groups is 1. The molecule has 0 aliphatic carbocycles. The van der Waals surface area contributed by atoms with E-state index in [2.05, 4.69) is 15.9 Å². The van der Waals surface area contributed by atoms with Gasteiger partial charge in [-0.1, -0.05) is 59.0 Å². The predicted octanol–water partition coefficient (Wildman–Crippen LogP) is 5.65. The molecule has 4 nitrogen and oxygen atoms in total. The molecule has 0 spiro atoms.